The van der Waals surface area contributed by atoms with Crippen LogP contribution in [-0.2, 0) is 0 Å². The van der Waals surface area contributed by atoms with Gasteiger partial charge in [0.2, 0.25) is 0 Å². The molecule has 1 amide bonds. The van der Waals surface area contributed by atoms with Gasteiger partial charge in [0, 0.05) is 34.5 Å². The predicted molar refractivity (Wildman–Crippen MR) is 95.6 cm³/mol. The third kappa shape index (κ3) is 5.16. The molecule has 0 aromatic heterocycles. The van der Waals surface area contributed by atoms with Crippen LogP contribution in [0.3, 0.4) is 0 Å². The smallest absolute Gasteiger partial charge is 0.255 e. The molecule has 2 aromatic carbocycles. The van der Waals surface area contributed by atoms with Crippen LogP contribution in [0.1, 0.15) is 10.4 Å². The van der Waals surface area contributed by atoms with Gasteiger partial charge >= 0.3 is 0 Å². The van der Waals surface area contributed by atoms with E-state index in [9.17, 15) is 4.79 Å². The number of carbonyl (C=O) groups is 1. The van der Waals surface area contributed by atoms with Crippen LogP contribution in [0.2, 0.25) is 0 Å². The Bertz CT molecular complexity index is 626. The molecule has 0 spiro atoms. The van der Waals surface area contributed by atoms with Gasteiger partial charge in [-0.1, -0.05) is 22.0 Å². The molecular weight excluding hydrogens is 342 g/mol. The Balaban J connectivity index is 1.92. The number of anilines is 2. The molecule has 22 heavy (non-hydrogen) atoms. The summed E-state index contributed by atoms with van der Waals surface area (Å²) in [6.45, 7) is 1.86. The molecule has 2 aromatic rings. The van der Waals surface area contributed by atoms with Gasteiger partial charge in [-0.3, -0.25) is 4.79 Å². The number of halogens is 1. The van der Waals surface area contributed by atoms with Gasteiger partial charge in [-0.25, -0.2) is 0 Å². The summed E-state index contributed by atoms with van der Waals surface area (Å²) in [4.78, 5) is 14.3. The van der Waals surface area contributed by atoms with Crippen LogP contribution in [0.25, 0.3) is 0 Å². The summed E-state index contributed by atoms with van der Waals surface area (Å²) in [5.41, 5.74) is 2.45. The fourth-order valence-electron chi connectivity index (χ4n) is 1.93. The Morgan fingerprint density at radius 3 is 2.41 bits per heavy atom. The van der Waals surface area contributed by atoms with Crippen molar-refractivity contribution in [1.29, 1.82) is 0 Å². The molecule has 0 unspecified atom stereocenters. The lowest BCUT2D eigenvalue weighted by atomic mass is 10.2. The molecule has 0 aliphatic rings. The monoisotopic (exact) mass is 361 g/mol. The van der Waals surface area contributed by atoms with E-state index in [4.69, 9.17) is 0 Å². The number of hydrogen-bond donors (Lipinski definition) is 2. The highest BCUT2D eigenvalue weighted by Gasteiger charge is 2.06. The highest BCUT2D eigenvalue weighted by molar-refractivity contribution is 9.10. The van der Waals surface area contributed by atoms with E-state index in [2.05, 4.69) is 31.5 Å². The molecule has 116 valence electrons. The van der Waals surface area contributed by atoms with E-state index in [1.165, 1.54) is 0 Å². The summed E-state index contributed by atoms with van der Waals surface area (Å²) in [7, 11) is 4.09. The largest absolute Gasteiger partial charge is 0.384 e. The highest BCUT2D eigenvalue weighted by Crippen LogP contribution is 2.16. The predicted octanol–water partition coefficient (Wildman–Crippen LogP) is 3.67. The van der Waals surface area contributed by atoms with Gasteiger partial charge < -0.3 is 15.5 Å². The summed E-state index contributed by atoms with van der Waals surface area (Å²) in [6, 6.07) is 15.0. The van der Waals surface area contributed by atoms with Crippen LogP contribution in [0, 0.1) is 0 Å². The number of benzene rings is 2. The van der Waals surface area contributed by atoms with E-state index in [1.54, 1.807) is 12.1 Å². The maximum Gasteiger partial charge on any atom is 0.255 e. The number of carbonyl (C=O) groups excluding carboxylic acids is 1. The maximum absolute atomic E-state index is 12.1. The molecule has 0 saturated carbocycles. The summed E-state index contributed by atoms with van der Waals surface area (Å²) in [5, 5.41) is 6.23. The molecule has 0 aliphatic carbocycles. The third-order valence-corrected chi connectivity index (χ3v) is 3.61. The Labute approximate surface area is 139 Å². The molecular formula is C17H20BrN3O. The summed E-state index contributed by atoms with van der Waals surface area (Å²) < 4.78 is 0.889. The first-order chi connectivity index (χ1) is 10.5. The third-order valence-electron chi connectivity index (χ3n) is 3.12. The van der Waals surface area contributed by atoms with Gasteiger partial charge in [-0.2, -0.15) is 0 Å². The average Bonchev–Trinajstić information content (AvgIpc) is 2.48. The SMILES string of the molecule is CN(C)CCNc1ccc(NC(=O)c2cccc(Br)c2)cc1. The van der Waals surface area contributed by atoms with E-state index in [-0.39, 0.29) is 5.91 Å². The molecule has 0 bridgehead atoms. The molecule has 2 rings (SSSR count). The van der Waals surface area contributed by atoms with E-state index in [0.29, 0.717) is 5.56 Å². The second kappa shape index (κ2) is 7.96. The molecule has 2 N–H and O–H groups in total. The molecule has 0 radical (unpaired) electrons. The fourth-order valence-corrected chi connectivity index (χ4v) is 2.33. The van der Waals surface area contributed by atoms with Crippen molar-refractivity contribution in [3.8, 4) is 0 Å². The number of hydrogen-bond acceptors (Lipinski definition) is 3. The summed E-state index contributed by atoms with van der Waals surface area (Å²) in [5.74, 6) is -0.116. The molecule has 5 heteroatoms. The quantitative estimate of drug-likeness (QED) is 0.824. The summed E-state index contributed by atoms with van der Waals surface area (Å²) >= 11 is 3.37. The Morgan fingerprint density at radius 2 is 1.77 bits per heavy atom. The van der Waals surface area contributed by atoms with Crippen LogP contribution >= 0.6 is 15.9 Å². The van der Waals surface area contributed by atoms with Gasteiger partial charge in [0.1, 0.15) is 0 Å². The second-order valence-electron chi connectivity index (χ2n) is 5.27. The lowest BCUT2D eigenvalue weighted by Gasteiger charge is -2.12. The normalized spacial score (nSPS) is 10.5. The number of likely N-dealkylation sites (N-methyl/N-ethyl adjacent to an activating group) is 1. The van der Waals surface area contributed by atoms with Crippen molar-refractivity contribution >= 4 is 33.2 Å². The molecule has 0 heterocycles. The van der Waals surface area contributed by atoms with Crippen molar-refractivity contribution < 1.29 is 4.79 Å². The zero-order chi connectivity index (χ0) is 15.9. The minimum absolute atomic E-state index is 0.116. The van der Waals surface area contributed by atoms with Crippen LogP contribution in [0.5, 0.6) is 0 Å². The van der Waals surface area contributed by atoms with Gasteiger partial charge in [0.05, 0.1) is 0 Å². The molecule has 4 nitrogen and oxygen atoms in total. The first-order valence-corrected chi connectivity index (χ1v) is 7.89. The standard InChI is InChI=1S/C17H20BrN3O/c1-21(2)11-10-19-15-6-8-16(9-7-15)20-17(22)13-4-3-5-14(18)12-13/h3-9,12,19H,10-11H2,1-2H3,(H,20,22). The van der Waals surface area contributed by atoms with E-state index >= 15 is 0 Å². The van der Waals surface area contributed by atoms with Crippen molar-refractivity contribution in [3.05, 3.63) is 58.6 Å². The minimum atomic E-state index is -0.116. The van der Waals surface area contributed by atoms with Crippen LogP contribution in [-0.4, -0.2) is 38.0 Å². The summed E-state index contributed by atoms with van der Waals surface area (Å²) in [6.07, 6.45) is 0. The molecule has 0 fully saturated rings. The van der Waals surface area contributed by atoms with Crippen molar-refractivity contribution in [2.45, 2.75) is 0 Å². The van der Waals surface area contributed by atoms with Crippen molar-refractivity contribution in [1.82, 2.24) is 4.90 Å². The number of nitrogens with zero attached hydrogens (tertiary/aromatic N) is 1. The number of nitrogens with one attached hydrogen (secondary N) is 2. The Hall–Kier alpha value is -1.85. The van der Waals surface area contributed by atoms with E-state index in [1.807, 2.05) is 50.5 Å². The first-order valence-electron chi connectivity index (χ1n) is 7.10. The van der Waals surface area contributed by atoms with Gasteiger partial charge in [-0.05, 0) is 56.6 Å². The zero-order valence-corrected chi connectivity index (χ0v) is 14.4. The first kappa shape index (κ1) is 16.5. The Kier molecular flexibility index (Phi) is 5.98. The van der Waals surface area contributed by atoms with Crippen LogP contribution in [0.4, 0.5) is 11.4 Å². The highest BCUT2D eigenvalue weighted by atomic mass is 79.9. The van der Waals surface area contributed by atoms with Crippen LogP contribution < -0.4 is 10.6 Å². The zero-order valence-electron chi connectivity index (χ0n) is 12.8. The Morgan fingerprint density at radius 1 is 1.09 bits per heavy atom. The van der Waals surface area contributed by atoms with E-state index in [0.717, 1.165) is 28.9 Å². The second-order valence-corrected chi connectivity index (χ2v) is 6.19. The lowest BCUT2D eigenvalue weighted by Crippen LogP contribution is -2.20. The van der Waals surface area contributed by atoms with Crippen molar-refractivity contribution in [2.75, 3.05) is 37.8 Å². The molecule has 0 aliphatic heterocycles. The average molecular weight is 362 g/mol. The number of amides is 1. The molecule has 0 saturated heterocycles. The van der Waals surface area contributed by atoms with Crippen LogP contribution in [0.15, 0.2) is 53.0 Å². The lowest BCUT2D eigenvalue weighted by molar-refractivity contribution is 0.102. The van der Waals surface area contributed by atoms with Gasteiger partial charge in [0.25, 0.3) is 5.91 Å². The van der Waals surface area contributed by atoms with Crippen molar-refractivity contribution in [2.24, 2.45) is 0 Å². The van der Waals surface area contributed by atoms with E-state index < -0.39 is 0 Å². The minimum Gasteiger partial charge on any atom is -0.384 e. The maximum atomic E-state index is 12.1. The fraction of sp³-hybridized carbons (Fsp3) is 0.235. The van der Waals surface area contributed by atoms with Crippen molar-refractivity contribution in [3.63, 3.8) is 0 Å². The molecule has 0 atom stereocenters. The topological polar surface area (TPSA) is 44.4 Å². The number of rotatable bonds is 6. The van der Waals surface area contributed by atoms with Gasteiger partial charge in [-0.15, -0.1) is 0 Å². The van der Waals surface area contributed by atoms with Gasteiger partial charge in [0.15, 0.2) is 0 Å².